The Morgan fingerprint density at radius 2 is 1.76 bits per heavy atom. The molecule has 2 heterocycles. The second kappa shape index (κ2) is 8.73. The van der Waals surface area contributed by atoms with E-state index in [9.17, 15) is 4.39 Å². The summed E-state index contributed by atoms with van der Waals surface area (Å²) in [5.74, 6) is -0.303. The predicted molar refractivity (Wildman–Crippen MR) is 111 cm³/mol. The SMILES string of the molecule is OCCc1cnc(-c2nn(-c3ccc(F)cc3)cc2Sc2ccc(Cl)cc2)cn1. The van der Waals surface area contributed by atoms with Crippen LogP contribution in [0.2, 0.25) is 5.02 Å². The molecule has 0 atom stereocenters. The van der Waals surface area contributed by atoms with Crippen LogP contribution in [0, 0.1) is 5.82 Å². The summed E-state index contributed by atoms with van der Waals surface area (Å²) in [4.78, 5) is 10.7. The Bertz CT molecular complexity index is 1100. The van der Waals surface area contributed by atoms with E-state index < -0.39 is 0 Å². The minimum atomic E-state index is -0.303. The maximum Gasteiger partial charge on any atom is 0.127 e. The van der Waals surface area contributed by atoms with Gasteiger partial charge in [-0.15, -0.1) is 0 Å². The second-order valence-electron chi connectivity index (χ2n) is 6.19. The molecular formula is C21H16ClFN4OS. The molecule has 0 aliphatic rings. The van der Waals surface area contributed by atoms with Crippen LogP contribution < -0.4 is 0 Å². The molecule has 2 aromatic heterocycles. The standard InChI is InChI=1S/C21H16ClFN4OS/c22-14-1-7-18(8-2-14)29-20-13-27(17-5-3-15(23)4-6-17)26-21(20)19-12-24-16(9-10-28)11-25-19/h1-8,11-13,28H,9-10H2. The fourth-order valence-corrected chi connectivity index (χ4v) is 3.73. The lowest BCUT2D eigenvalue weighted by Gasteiger charge is -2.03. The molecule has 146 valence electrons. The summed E-state index contributed by atoms with van der Waals surface area (Å²) in [7, 11) is 0. The summed E-state index contributed by atoms with van der Waals surface area (Å²) in [5, 5.41) is 14.4. The van der Waals surface area contributed by atoms with Crippen LogP contribution in [0.3, 0.4) is 0 Å². The topological polar surface area (TPSA) is 63.8 Å². The van der Waals surface area contributed by atoms with Crippen molar-refractivity contribution in [2.24, 2.45) is 0 Å². The Kier molecular flexibility index (Phi) is 5.89. The third-order valence-electron chi connectivity index (χ3n) is 4.13. The molecule has 4 aromatic rings. The third-order valence-corrected chi connectivity index (χ3v) is 5.41. The van der Waals surface area contributed by atoms with Crippen LogP contribution in [0.25, 0.3) is 17.1 Å². The zero-order valence-electron chi connectivity index (χ0n) is 15.2. The molecule has 0 aliphatic heterocycles. The number of rotatable bonds is 6. The average Bonchev–Trinajstić information content (AvgIpc) is 3.15. The monoisotopic (exact) mass is 426 g/mol. The summed E-state index contributed by atoms with van der Waals surface area (Å²) < 4.78 is 15.0. The smallest absolute Gasteiger partial charge is 0.127 e. The van der Waals surface area contributed by atoms with Gasteiger partial charge in [0.25, 0.3) is 0 Å². The fourth-order valence-electron chi connectivity index (χ4n) is 2.69. The highest BCUT2D eigenvalue weighted by molar-refractivity contribution is 7.99. The van der Waals surface area contributed by atoms with Gasteiger partial charge in [0.2, 0.25) is 0 Å². The Morgan fingerprint density at radius 3 is 2.41 bits per heavy atom. The molecule has 29 heavy (non-hydrogen) atoms. The molecule has 5 nitrogen and oxygen atoms in total. The molecule has 0 bridgehead atoms. The van der Waals surface area contributed by atoms with Crippen LogP contribution in [0.5, 0.6) is 0 Å². The quantitative estimate of drug-likeness (QED) is 0.479. The van der Waals surface area contributed by atoms with E-state index in [1.165, 1.54) is 23.9 Å². The summed E-state index contributed by atoms with van der Waals surface area (Å²) >= 11 is 7.51. The van der Waals surface area contributed by atoms with Crippen molar-refractivity contribution in [1.82, 2.24) is 19.7 Å². The number of benzene rings is 2. The molecule has 0 spiro atoms. The van der Waals surface area contributed by atoms with Gasteiger partial charge in [-0.05, 0) is 48.5 Å². The zero-order valence-corrected chi connectivity index (χ0v) is 16.7. The summed E-state index contributed by atoms with van der Waals surface area (Å²) in [6, 6.07) is 13.6. The molecule has 0 radical (unpaired) electrons. The third kappa shape index (κ3) is 4.64. The van der Waals surface area contributed by atoms with Gasteiger partial charge in [0.1, 0.15) is 17.2 Å². The van der Waals surface area contributed by atoms with Crippen LogP contribution in [0.15, 0.2) is 76.9 Å². The first kappa shape index (κ1) is 19.6. The number of aliphatic hydroxyl groups excluding tert-OH is 1. The molecule has 0 unspecified atom stereocenters. The van der Waals surface area contributed by atoms with Crippen LogP contribution in [-0.2, 0) is 6.42 Å². The summed E-state index contributed by atoms with van der Waals surface area (Å²) in [5.41, 5.74) is 2.72. The van der Waals surface area contributed by atoms with Gasteiger partial charge in [-0.25, -0.2) is 9.07 Å². The van der Waals surface area contributed by atoms with Crippen molar-refractivity contribution in [2.45, 2.75) is 16.2 Å². The van der Waals surface area contributed by atoms with E-state index in [-0.39, 0.29) is 12.4 Å². The molecule has 0 saturated carbocycles. The van der Waals surface area contributed by atoms with Crippen LogP contribution in [-0.4, -0.2) is 31.5 Å². The molecule has 1 N–H and O–H groups in total. The Balaban J connectivity index is 1.74. The van der Waals surface area contributed by atoms with Crippen LogP contribution in [0.1, 0.15) is 5.69 Å². The van der Waals surface area contributed by atoms with Crippen LogP contribution in [0.4, 0.5) is 4.39 Å². The highest BCUT2D eigenvalue weighted by Gasteiger charge is 2.15. The molecule has 0 saturated heterocycles. The molecule has 0 amide bonds. The van der Waals surface area contributed by atoms with E-state index in [0.29, 0.717) is 28.5 Å². The van der Waals surface area contributed by atoms with E-state index >= 15 is 0 Å². The lowest BCUT2D eigenvalue weighted by molar-refractivity contribution is 0.298. The maximum atomic E-state index is 13.3. The first-order valence-corrected chi connectivity index (χ1v) is 10.0. The normalized spacial score (nSPS) is 11.0. The maximum absolute atomic E-state index is 13.3. The number of halogens is 2. The Labute approximate surface area is 176 Å². The first-order chi connectivity index (χ1) is 14.1. The van der Waals surface area contributed by atoms with Gasteiger partial charge in [-0.2, -0.15) is 5.10 Å². The molecule has 8 heteroatoms. The first-order valence-electron chi connectivity index (χ1n) is 8.83. The van der Waals surface area contributed by atoms with Gasteiger partial charge in [0.15, 0.2) is 0 Å². The van der Waals surface area contributed by atoms with Gasteiger partial charge in [0, 0.05) is 35.3 Å². The number of nitrogens with zero attached hydrogens (tertiary/aromatic N) is 4. The lowest BCUT2D eigenvalue weighted by atomic mass is 10.3. The van der Waals surface area contributed by atoms with Crippen molar-refractivity contribution < 1.29 is 9.50 Å². The van der Waals surface area contributed by atoms with E-state index in [2.05, 4.69) is 15.1 Å². The van der Waals surface area contributed by atoms with Crippen molar-refractivity contribution in [2.75, 3.05) is 6.61 Å². The van der Waals surface area contributed by atoms with Crippen molar-refractivity contribution in [3.63, 3.8) is 0 Å². The van der Waals surface area contributed by atoms with Gasteiger partial charge in [-0.3, -0.25) is 9.97 Å². The van der Waals surface area contributed by atoms with Gasteiger partial charge < -0.3 is 5.11 Å². The largest absolute Gasteiger partial charge is 0.396 e. The van der Waals surface area contributed by atoms with Gasteiger partial charge in [0.05, 0.1) is 22.5 Å². The van der Waals surface area contributed by atoms with Gasteiger partial charge in [-0.1, -0.05) is 23.4 Å². The van der Waals surface area contributed by atoms with Crippen molar-refractivity contribution >= 4 is 23.4 Å². The van der Waals surface area contributed by atoms with E-state index in [1.807, 2.05) is 30.5 Å². The van der Waals surface area contributed by atoms with Crippen molar-refractivity contribution in [3.05, 3.63) is 83.7 Å². The Hall–Kier alpha value is -2.74. The molecular weight excluding hydrogens is 411 g/mol. The Morgan fingerprint density at radius 1 is 1.00 bits per heavy atom. The lowest BCUT2D eigenvalue weighted by Crippen LogP contribution is -1.98. The minimum absolute atomic E-state index is 0.0187. The van der Waals surface area contributed by atoms with Crippen molar-refractivity contribution in [3.8, 4) is 17.1 Å². The highest BCUT2D eigenvalue weighted by Crippen LogP contribution is 2.35. The van der Waals surface area contributed by atoms with E-state index in [1.54, 1.807) is 29.2 Å². The van der Waals surface area contributed by atoms with Crippen molar-refractivity contribution in [1.29, 1.82) is 0 Å². The predicted octanol–water partition coefficient (Wildman–Crippen LogP) is 4.81. The molecule has 0 fully saturated rings. The fraction of sp³-hybridized carbons (Fsp3) is 0.0952. The number of hydrogen-bond acceptors (Lipinski definition) is 5. The van der Waals surface area contributed by atoms with Crippen LogP contribution >= 0.6 is 23.4 Å². The minimum Gasteiger partial charge on any atom is -0.396 e. The average molecular weight is 427 g/mol. The van der Waals surface area contributed by atoms with E-state index in [4.69, 9.17) is 16.7 Å². The highest BCUT2D eigenvalue weighted by atomic mass is 35.5. The number of aromatic nitrogens is 4. The molecule has 0 aliphatic carbocycles. The zero-order chi connectivity index (χ0) is 20.2. The number of hydrogen-bond donors (Lipinski definition) is 1. The summed E-state index contributed by atoms with van der Waals surface area (Å²) in [6.45, 7) is 0.0187. The van der Waals surface area contributed by atoms with E-state index in [0.717, 1.165) is 15.5 Å². The van der Waals surface area contributed by atoms with Gasteiger partial charge >= 0.3 is 0 Å². The summed E-state index contributed by atoms with van der Waals surface area (Å²) in [6.07, 6.45) is 5.61. The molecule has 4 rings (SSSR count). The second-order valence-corrected chi connectivity index (χ2v) is 7.74. The number of aliphatic hydroxyl groups is 1. The molecule has 2 aromatic carbocycles.